The molecule has 362 valence electrons. The van der Waals surface area contributed by atoms with Gasteiger partial charge in [-0.1, -0.05) is 222 Å². The maximum absolute atomic E-state index is 12.7. The summed E-state index contributed by atoms with van der Waals surface area (Å²) in [5.41, 5.74) is 0. The van der Waals surface area contributed by atoms with Crippen molar-refractivity contribution in [3.05, 3.63) is 72.9 Å². The fourth-order valence-corrected chi connectivity index (χ4v) is 7.24. The zero-order valence-electron chi connectivity index (χ0n) is 41.3. The van der Waals surface area contributed by atoms with E-state index in [1.807, 2.05) is 0 Å². The molecule has 0 rings (SSSR count). The first kappa shape index (κ1) is 59.9. The average molecular weight is 879 g/mol. The van der Waals surface area contributed by atoms with Crippen molar-refractivity contribution in [2.45, 2.75) is 258 Å². The van der Waals surface area contributed by atoms with Crippen molar-refractivity contribution >= 4 is 17.9 Å². The molecule has 0 radical (unpaired) electrons. The molecular formula is C57H98O6. The molecule has 0 saturated heterocycles. The van der Waals surface area contributed by atoms with Gasteiger partial charge in [-0.2, -0.15) is 0 Å². The number of esters is 3. The molecule has 0 saturated carbocycles. The van der Waals surface area contributed by atoms with E-state index in [-0.39, 0.29) is 37.5 Å². The van der Waals surface area contributed by atoms with Crippen LogP contribution in [0.3, 0.4) is 0 Å². The van der Waals surface area contributed by atoms with Crippen molar-refractivity contribution in [2.24, 2.45) is 0 Å². The van der Waals surface area contributed by atoms with Gasteiger partial charge in [-0.05, 0) is 83.5 Å². The van der Waals surface area contributed by atoms with Crippen molar-refractivity contribution in [1.29, 1.82) is 0 Å². The molecule has 0 spiro atoms. The van der Waals surface area contributed by atoms with Crippen molar-refractivity contribution in [3.63, 3.8) is 0 Å². The number of carbonyl (C=O) groups excluding carboxylic acids is 3. The van der Waals surface area contributed by atoms with Crippen LogP contribution >= 0.6 is 0 Å². The molecule has 0 aromatic carbocycles. The van der Waals surface area contributed by atoms with Gasteiger partial charge in [-0.15, -0.1) is 0 Å². The fraction of sp³-hybridized carbons (Fsp3) is 0.737. The number of rotatable bonds is 47. The average Bonchev–Trinajstić information content (AvgIpc) is 3.28. The molecule has 0 bridgehead atoms. The Morgan fingerprint density at radius 2 is 0.635 bits per heavy atom. The van der Waals surface area contributed by atoms with E-state index in [2.05, 4.69) is 93.7 Å². The standard InChI is InChI=1S/C57H98O6/c1-4-7-10-13-15-17-19-21-23-25-26-27-28-29-30-32-33-35-37-39-41-44-47-50-56(59)62-53-54(52-61-55(58)49-46-43-12-9-6-3)63-57(60)51-48-45-42-40-38-36-34-31-24-22-20-18-16-14-11-8-5-2/h8,11,16,18,22,24-26,34,36,40,42,54H,4-7,9-10,12-15,17,19-21,23,27-33,35,37-39,41,43-53H2,1-3H3/b11-8-,18-16-,24-22-,26-25-,36-34-,42-40-. The number of hydrogen-bond donors (Lipinski definition) is 0. The summed E-state index contributed by atoms with van der Waals surface area (Å²) in [6.45, 7) is 6.40. The van der Waals surface area contributed by atoms with E-state index in [1.165, 1.54) is 116 Å². The summed E-state index contributed by atoms with van der Waals surface area (Å²) in [4.78, 5) is 37.7. The van der Waals surface area contributed by atoms with Crippen LogP contribution < -0.4 is 0 Å². The Balaban J connectivity index is 4.18. The number of carbonyl (C=O) groups is 3. The molecule has 0 aliphatic carbocycles. The van der Waals surface area contributed by atoms with Crippen LogP contribution in [0.1, 0.15) is 252 Å². The molecule has 0 aromatic heterocycles. The summed E-state index contributed by atoms with van der Waals surface area (Å²) in [5, 5.41) is 0. The molecule has 0 aromatic rings. The monoisotopic (exact) mass is 879 g/mol. The number of ether oxygens (including phenoxy) is 3. The number of hydrogen-bond acceptors (Lipinski definition) is 6. The minimum atomic E-state index is -0.801. The second-order valence-electron chi connectivity index (χ2n) is 17.4. The first-order valence-corrected chi connectivity index (χ1v) is 26.4. The van der Waals surface area contributed by atoms with Crippen LogP contribution in [0, 0.1) is 0 Å². The van der Waals surface area contributed by atoms with E-state index < -0.39 is 6.10 Å². The van der Waals surface area contributed by atoms with Gasteiger partial charge in [0.25, 0.3) is 0 Å². The Labute approximate surface area is 389 Å². The van der Waals surface area contributed by atoms with Crippen molar-refractivity contribution < 1.29 is 28.6 Å². The highest BCUT2D eigenvalue weighted by Gasteiger charge is 2.19. The van der Waals surface area contributed by atoms with Gasteiger partial charge in [0.1, 0.15) is 13.2 Å². The molecular weight excluding hydrogens is 781 g/mol. The quantitative estimate of drug-likeness (QED) is 0.0262. The SMILES string of the molecule is CC/C=C\C/C=C\C/C=C\C/C=C\C/C=C\CCCC(=O)OC(COC(=O)CCCCCCC)COC(=O)CCCCCCCCCCCCC/C=C\CCCCCCCCCC. The van der Waals surface area contributed by atoms with E-state index >= 15 is 0 Å². The van der Waals surface area contributed by atoms with Crippen LogP contribution in [0.25, 0.3) is 0 Å². The molecule has 6 heteroatoms. The minimum absolute atomic E-state index is 0.0980. The third-order valence-electron chi connectivity index (χ3n) is 11.2. The molecule has 63 heavy (non-hydrogen) atoms. The van der Waals surface area contributed by atoms with Gasteiger partial charge in [-0.25, -0.2) is 0 Å². The Morgan fingerprint density at radius 3 is 1.03 bits per heavy atom. The Morgan fingerprint density at radius 1 is 0.333 bits per heavy atom. The minimum Gasteiger partial charge on any atom is -0.462 e. The predicted octanol–water partition coefficient (Wildman–Crippen LogP) is 17.4. The smallest absolute Gasteiger partial charge is 0.306 e. The van der Waals surface area contributed by atoms with Gasteiger partial charge in [-0.3, -0.25) is 14.4 Å². The number of allylic oxidation sites excluding steroid dienone is 12. The van der Waals surface area contributed by atoms with Gasteiger partial charge in [0.05, 0.1) is 0 Å². The molecule has 0 amide bonds. The van der Waals surface area contributed by atoms with Gasteiger partial charge in [0.2, 0.25) is 0 Å². The van der Waals surface area contributed by atoms with Crippen LogP contribution in [0.2, 0.25) is 0 Å². The molecule has 1 atom stereocenters. The maximum atomic E-state index is 12.7. The van der Waals surface area contributed by atoms with E-state index in [4.69, 9.17) is 14.2 Å². The van der Waals surface area contributed by atoms with Crippen LogP contribution in [0.15, 0.2) is 72.9 Å². The zero-order valence-corrected chi connectivity index (χ0v) is 41.3. The summed E-state index contributed by atoms with van der Waals surface area (Å²) < 4.78 is 16.6. The maximum Gasteiger partial charge on any atom is 0.306 e. The third-order valence-corrected chi connectivity index (χ3v) is 11.2. The molecule has 1 unspecified atom stereocenters. The molecule has 0 heterocycles. The van der Waals surface area contributed by atoms with E-state index in [1.54, 1.807) is 0 Å². The highest BCUT2D eigenvalue weighted by atomic mass is 16.6. The van der Waals surface area contributed by atoms with Crippen LogP contribution in [-0.4, -0.2) is 37.2 Å². The van der Waals surface area contributed by atoms with Gasteiger partial charge in [0.15, 0.2) is 6.10 Å². The van der Waals surface area contributed by atoms with Crippen LogP contribution in [-0.2, 0) is 28.6 Å². The van der Waals surface area contributed by atoms with E-state index in [0.29, 0.717) is 19.3 Å². The lowest BCUT2D eigenvalue weighted by atomic mass is 10.0. The first-order chi connectivity index (χ1) is 31.0. The second kappa shape index (κ2) is 51.5. The summed E-state index contributed by atoms with van der Waals surface area (Å²) >= 11 is 0. The molecule has 0 aliphatic rings. The highest BCUT2D eigenvalue weighted by molar-refractivity contribution is 5.71. The summed E-state index contributed by atoms with van der Waals surface area (Å²) in [6, 6.07) is 0. The fourth-order valence-electron chi connectivity index (χ4n) is 7.24. The lowest BCUT2D eigenvalue weighted by molar-refractivity contribution is -0.167. The van der Waals surface area contributed by atoms with Gasteiger partial charge < -0.3 is 14.2 Å². The largest absolute Gasteiger partial charge is 0.462 e. The highest BCUT2D eigenvalue weighted by Crippen LogP contribution is 2.15. The lowest BCUT2D eigenvalue weighted by Gasteiger charge is -2.18. The Bertz CT molecular complexity index is 1190. The van der Waals surface area contributed by atoms with E-state index in [9.17, 15) is 14.4 Å². The molecule has 6 nitrogen and oxygen atoms in total. The van der Waals surface area contributed by atoms with Gasteiger partial charge in [0, 0.05) is 19.3 Å². The predicted molar refractivity (Wildman–Crippen MR) is 270 cm³/mol. The lowest BCUT2D eigenvalue weighted by Crippen LogP contribution is -2.30. The topological polar surface area (TPSA) is 78.9 Å². The van der Waals surface area contributed by atoms with Crippen LogP contribution in [0.5, 0.6) is 0 Å². The molecule has 0 fully saturated rings. The van der Waals surface area contributed by atoms with E-state index in [0.717, 1.165) is 89.9 Å². The normalized spacial score (nSPS) is 12.6. The van der Waals surface area contributed by atoms with Crippen LogP contribution in [0.4, 0.5) is 0 Å². The van der Waals surface area contributed by atoms with Crippen molar-refractivity contribution in [1.82, 2.24) is 0 Å². The second-order valence-corrected chi connectivity index (χ2v) is 17.4. The first-order valence-electron chi connectivity index (χ1n) is 26.4. The third kappa shape index (κ3) is 49.7. The Hall–Kier alpha value is -3.15. The van der Waals surface area contributed by atoms with Crippen molar-refractivity contribution in [2.75, 3.05) is 13.2 Å². The summed E-state index contributed by atoms with van der Waals surface area (Å²) in [7, 11) is 0. The Kier molecular flexibility index (Phi) is 48.9. The molecule has 0 N–H and O–H groups in total. The summed E-state index contributed by atoms with van der Waals surface area (Å²) in [5.74, 6) is -0.970. The number of unbranched alkanes of at least 4 members (excludes halogenated alkanes) is 24. The molecule has 0 aliphatic heterocycles. The van der Waals surface area contributed by atoms with Crippen molar-refractivity contribution in [3.8, 4) is 0 Å². The summed E-state index contributed by atoms with van der Waals surface area (Å²) in [6.07, 6.45) is 65.1. The van der Waals surface area contributed by atoms with Gasteiger partial charge >= 0.3 is 17.9 Å². The zero-order chi connectivity index (χ0) is 45.8.